The molecule has 0 fully saturated rings. The maximum absolute atomic E-state index is 11.0. The van der Waals surface area contributed by atoms with Gasteiger partial charge in [-0.2, -0.15) is 0 Å². The molecule has 0 radical (unpaired) electrons. The van der Waals surface area contributed by atoms with Crippen molar-refractivity contribution in [3.63, 3.8) is 0 Å². The van der Waals surface area contributed by atoms with Gasteiger partial charge in [0.25, 0.3) is 5.91 Å². The van der Waals surface area contributed by atoms with Crippen molar-refractivity contribution in [3.05, 3.63) is 28.8 Å². The molecule has 1 aromatic carbocycles. The van der Waals surface area contributed by atoms with Crippen LogP contribution in [0.5, 0.6) is 5.75 Å². The number of carbonyl (C=O) groups is 2. The highest BCUT2D eigenvalue weighted by molar-refractivity contribution is 6.32. The normalized spacial score (nSPS) is 9.82. The fourth-order valence-corrected chi connectivity index (χ4v) is 1.64. The van der Waals surface area contributed by atoms with Gasteiger partial charge in [0.1, 0.15) is 5.75 Å². The lowest BCUT2D eigenvalue weighted by Crippen LogP contribution is -2.29. The Labute approximate surface area is 105 Å². The summed E-state index contributed by atoms with van der Waals surface area (Å²) < 4.78 is 5.04. The van der Waals surface area contributed by atoms with Crippen LogP contribution < -0.4 is 4.74 Å². The van der Waals surface area contributed by atoms with Gasteiger partial charge in [-0.25, -0.2) is 0 Å². The molecule has 0 heterocycles. The molecule has 0 saturated heterocycles. The lowest BCUT2D eigenvalue weighted by atomic mass is 10.1. The van der Waals surface area contributed by atoms with E-state index in [0.29, 0.717) is 30.0 Å². The summed E-state index contributed by atoms with van der Waals surface area (Å²) >= 11 is 5.97. The molecule has 0 unspecified atom stereocenters. The third-order valence-corrected chi connectivity index (χ3v) is 2.72. The Morgan fingerprint density at radius 3 is 2.76 bits per heavy atom. The molecular formula is C12H14ClNO3. The summed E-state index contributed by atoms with van der Waals surface area (Å²) in [5, 5.41) is 0.536. The number of ether oxygens (including phenoxy) is 1. The minimum Gasteiger partial charge on any atom is -0.495 e. The average molecular weight is 256 g/mol. The van der Waals surface area contributed by atoms with E-state index < -0.39 is 5.91 Å². The quantitative estimate of drug-likeness (QED) is 0.592. The van der Waals surface area contributed by atoms with Crippen LogP contribution in [0, 0.1) is 0 Å². The van der Waals surface area contributed by atoms with Gasteiger partial charge in [-0.1, -0.05) is 17.7 Å². The van der Waals surface area contributed by atoms with E-state index in [1.54, 1.807) is 26.3 Å². The van der Waals surface area contributed by atoms with Gasteiger partial charge >= 0.3 is 0 Å². The van der Waals surface area contributed by atoms with Crippen LogP contribution in [0.15, 0.2) is 18.2 Å². The molecule has 1 aromatic rings. The molecule has 0 N–H and O–H groups in total. The van der Waals surface area contributed by atoms with E-state index in [-0.39, 0.29) is 0 Å². The van der Waals surface area contributed by atoms with E-state index in [1.807, 2.05) is 6.07 Å². The molecule has 1 rings (SSSR count). The number of likely N-dealkylation sites (N-methyl/N-ethyl adjacent to an activating group) is 1. The van der Waals surface area contributed by atoms with E-state index >= 15 is 0 Å². The number of amides is 1. The van der Waals surface area contributed by atoms with Crippen molar-refractivity contribution in [1.29, 1.82) is 0 Å². The van der Waals surface area contributed by atoms with Gasteiger partial charge in [-0.15, -0.1) is 0 Å². The summed E-state index contributed by atoms with van der Waals surface area (Å²) in [5.74, 6) is 0.0948. The fourth-order valence-electron chi connectivity index (χ4n) is 1.36. The van der Waals surface area contributed by atoms with E-state index in [0.717, 1.165) is 5.56 Å². The van der Waals surface area contributed by atoms with Crippen molar-refractivity contribution >= 4 is 23.8 Å². The SMILES string of the molecule is COc1ccc(CCN(C)C(=O)C=O)cc1Cl. The minimum absolute atomic E-state index is 0.307. The van der Waals surface area contributed by atoms with E-state index in [2.05, 4.69) is 0 Å². The highest BCUT2D eigenvalue weighted by Gasteiger charge is 2.07. The molecule has 92 valence electrons. The van der Waals surface area contributed by atoms with Crippen molar-refractivity contribution < 1.29 is 14.3 Å². The first-order valence-corrected chi connectivity index (χ1v) is 5.49. The van der Waals surface area contributed by atoms with Gasteiger partial charge in [0.2, 0.25) is 6.29 Å². The van der Waals surface area contributed by atoms with Crippen LogP contribution in [0.4, 0.5) is 0 Å². The Morgan fingerprint density at radius 2 is 2.24 bits per heavy atom. The number of hydrogen-bond acceptors (Lipinski definition) is 3. The van der Waals surface area contributed by atoms with Crippen LogP contribution in [-0.2, 0) is 16.0 Å². The Bertz CT molecular complexity index is 420. The average Bonchev–Trinajstić information content (AvgIpc) is 2.35. The zero-order valence-electron chi connectivity index (χ0n) is 9.77. The maximum atomic E-state index is 11.0. The van der Waals surface area contributed by atoms with Crippen molar-refractivity contribution in [1.82, 2.24) is 4.90 Å². The van der Waals surface area contributed by atoms with Gasteiger partial charge in [0, 0.05) is 13.6 Å². The third kappa shape index (κ3) is 3.75. The number of benzene rings is 1. The van der Waals surface area contributed by atoms with Crippen molar-refractivity contribution in [3.8, 4) is 5.75 Å². The molecule has 1 amide bonds. The van der Waals surface area contributed by atoms with Gasteiger partial charge in [0.05, 0.1) is 12.1 Å². The Morgan fingerprint density at radius 1 is 1.53 bits per heavy atom. The van der Waals surface area contributed by atoms with E-state index in [4.69, 9.17) is 16.3 Å². The van der Waals surface area contributed by atoms with Gasteiger partial charge < -0.3 is 9.64 Å². The second-order valence-corrected chi connectivity index (χ2v) is 4.00. The summed E-state index contributed by atoms with van der Waals surface area (Å²) in [5.41, 5.74) is 0.987. The summed E-state index contributed by atoms with van der Waals surface area (Å²) in [6.45, 7) is 0.472. The smallest absolute Gasteiger partial charge is 0.286 e. The highest BCUT2D eigenvalue weighted by atomic mass is 35.5. The lowest BCUT2D eigenvalue weighted by molar-refractivity contribution is -0.137. The minimum atomic E-state index is -0.524. The van der Waals surface area contributed by atoms with Gasteiger partial charge in [0.15, 0.2) is 0 Å². The van der Waals surface area contributed by atoms with Crippen LogP contribution in [-0.4, -0.2) is 37.8 Å². The molecule has 0 saturated carbocycles. The third-order valence-electron chi connectivity index (χ3n) is 2.43. The monoisotopic (exact) mass is 255 g/mol. The van der Waals surface area contributed by atoms with Crippen LogP contribution in [0.1, 0.15) is 5.56 Å². The lowest BCUT2D eigenvalue weighted by Gasteiger charge is -2.14. The molecule has 0 atom stereocenters. The second-order valence-electron chi connectivity index (χ2n) is 3.60. The zero-order valence-corrected chi connectivity index (χ0v) is 10.5. The van der Waals surface area contributed by atoms with Gasteiger partial charge in [-0.05, 0) is 24.1 Å². The second kappa shape index (κ2) is 6.25. The number of nitrogens with zero attached hydrogens (tertiary/aromatic N) is 1. The Kier molecular flexibility index (Phi) is 4.97. The molecule has 4 nitrogen and oxygen atoms in total. The molecule has 17 heavy (non-hydrogen) atoms. The summed E-state index contributed by atoms with van der Waals surface area (Å²) in [7, 11) is 3.14. The van der Waals surface area contributed by atoms with Crippen molar-refractivity contribution in [2.24, 2.45) is 0 Å². The Hall–Kier alpha value is -1.55. The van der Waals surface area contributed by atoms with E-state index in [1.165, 1.54) is 4.90 Å². The topological polar surface area (TPSA) is 46.6 Å². The first-order chi connectivity index (χ1) is 8.08. The molecule has 0 aliphatic rings. The molecule has 0 aliphatic carbocycles. The van der Waals surface area contributed by atoms with Crippen molar-refractivity contribution in [2.75, 3.05) is 20.7 Å². The molecule has 0 spiro atoms. The first kappa shape index (κ1) is 13.5. The molecule has 0 bridgehead atoms. The molecule has 0 aromatic heterocycles. The number of rotatable bonds is 5. The predicted octanol–water partition coefficient (Wildman–Crippen LogP) is 1.55. The standard InChI is InChI=1S/C12H14ClNO3/c1-14(12(16)8-15)6-5-9-3-4-11(17-2)10(13)7-9/h3-4,7-8H,5-6H2,1-2H3. The van der Waals surface area contributed by atoms with Crippen LogP contribution >= 0.6 is 11.6 Å². The number of hydrogen-bond donors (Lipinski definition) is 0. The zero-order chi connectivity index (χ0) is 12.8. The van der Waals surface area contributed by atoms with Crippen LogP contribution in [0.2, 0.25) is 5.02 Å². The summed E-state index contributed by atoms with van der Waals surface area (Å²) in [6.07, 6.45) is 0.945. The summed E-state index contributed by atoms with van der Waals surface area (Å²) in [6, 6.07) is 5.45. The number of methoxy groups -OCH3 is 1. The number of aldehydes is 1. The molecule has 0 aliphatic heterocycles. The first-order valence-electron chi connectivity index (χ1n) is 5.11. The fraction of sp³-hybridized carbons (Fsp3) is 0.333. The van der Waals surface area contributed by atoms with Crippen molar-refractivity contribution in [2.45, 2.75) is 6.42 Å². The highest BCUT2D eigenvalue weighted by Crippen LogP contribution is 2.25. The van der Waals surface area contributed by atoms with E-state index in [9.17, 15) is 9.59 Å². The number of halogens is 1. The number of carbonyl (C=O) groups excluding carboxylic acids is 2. The maximum Gasteiger partial charge on any atom is 0.286 e. The molecule has 5 heteroatoms. The molecular weight excluding hydrogens is 242 g/mol. The van der Waals surface area contributed by atoms with Crippen LogP contribution in [0.25, 0.3) is 0 Å². The van der Waals surface area contributed by atoms with Crippen LogP contribution in [0.3, 0.4) is 0 Å². The predicted molar refractivity (Wildman–Crippen MR) is 65.4 cm³/mol. The van der Waals surface area contributed by atoms with Gasteiger partial charge in [-0.3, -0.25) is 9.59 Å². The summed E-state index contributed by atoms with van der Waals surface area (Å²) in [4.78, 5) is 22.6. The largest absolute Gasteiger partial charge is 0.495 e. The Balaban J connectivity index is 2.61.